The van der Waals surface area contributed by atoms with E-state index >= 15 is 0 Å². The van der Waals surface area contributed by atoms with Gasteiger partial charge in [0.25, 0.3) is 0 Å². The summed E-state index contributed by atoms with van der Waals surface area (Å²) in [5, 5.41) is 0. The van der Waals surface area contributed by atoms with Gasteiger partial charge in [0.1, 0.15) is 0 Å². The minimum absolute atomic E-state index is 0.0836. The van der Waals surface area contributed by atoms with Crippen molar-refractivity contribution in [1.82, 2.24) is 0 Å². The van der Waals surface area contributed by atoms with E-state index in [1.54, 1.807) is 0 Å². The fraction of sp³-hybridized carbons (Fsp3) is 0.946. The van der Waals surface area contributed by atoms with Crippen molar-refractivity contribution in [3.63, 3.8) is 0 Å². The van der Waals surface area contributed by atoms with Crippen molar-refractivity contribution in [3.05, 3.63) is 0 Å². The van der Waals surface area contributed by atoms with Crippen LogP contribution in [0.4, 0.5) is 0 Å². The van der Waals surface area contributed by atoms with Gasteiger partial charge in [-0.2, -0.15) is 0 Å². The van der Waals surface area contributed by atoms with Crippen LogP contribution < -0.4 is 0 Å². The monoisotopic (exact) mass is 581 g/mol. The van der Waals surface area contributed by atoms with Crippen molar-refractivity contribution in [1.29, 1.82) is 0 Å². The van der Waals surface area contributed by atoms with Crippen LogP contribution in [0.3, 0.4) is 0 Å². The number of esters is 2. The summed E-state index contributed by atoms with van der Waals surface area (Å²) in [6, 6.07) is 0. The maximum Gasteiger partial charge on any atom is 0.305 e. The molecule has 244 valence electrons. The molecule has 0 aromatic carbocycles. The van der Waals surface area contributed by atoms with Crippen LogP contribution in [0.1, 0.15) is 207 Å². The Hall–Kier alpha value is -1.06. The lowest BCUT2D eigenvalue weighted by atomic mass is 10.0. The van der Waals surface area contributed by atoms with Crippen molar-refractivity contribution < 1.29 is 19.1 Å². The maximum absolute atomic E-state index is 12.0. The Morgan fingerprint density at radius 2 is 0.732 bits per heavy atom. The summed E-state index contributed by atoms with van der Waals surface area (Å²) >= 11 is 0. The number of hydrogen-bond donors (Lipinski definition) is 0. The first-order valence-electron chi connectivity index (χ1n) is 18.4. The molecule has 0 saturated heterocycles. The second-order valence-corrected chi connectivity index (χ2v) is 12.8. The van der Waals surface area contributed by atoms with Gasteiger partial charge in [0.15, 0.2) is 0 Å². The standard InChI is InChI=1S/C37H72O4/c1-4-6-8-10-12-14-16-18-20-22-24-26-28-30-36(38)40-33-32-35(3)34-41-37(39)31-29-27-25-23-21-19-17-15-13-11-9-7-5-2/h35H,4-34H2,1-3H3. The van der Waals surface area contributed by atoms with Gasteiger partial charge in [-0.25, -0.2) is 0 Å². The summed E-state index contributed by atoms with van der Waals surface area (Å²) in [4.78, 5) is 24.0. The maximum atomic E-state index is 12.0. The lowest BCUT2D eigenvalue weighted by Gasteiger charge is -2.12. The van der Waals surface area contributed by atoms with Gasteiger partial charge in [-0.3, -0.25) is 9.59 Å². The predicted octanol–water partition coefficient (Wildman–Crippen LogP) is 12.1. The van der Waals surface area contributed by atoms with Gasteiger partial charge in [-0.15, -0.1) is 0 Å². The highest BCUT2D eigenvalue weighted by molar-refractivity contribution is 5.69. The summed E-state index contributed by atoms with van der Waals surface area (Å²) in [6.07, 6.45) is 35.8. The first kappa shape index (κ1) is 39.9. The van der Waals surface area contributed by atoms with E-state index in [1.165, 1.54) is 141 Å². The topological polar surface area (TPSA) is 52.6 Å². The summed E-state index contributed by atoms with van der Waals surface area (Å²) in [6.45, 7) is 7.45. The first-order valence-corrected chi connectivity index (χ1v) is 18.4. The fourth-order valence-electron chi connectivity index (χ4n) is 5.41. The highest BCUT2D eigenvalue weighted by atomic mass is 16.5. The second kappa shape index (κ2) is 33.4. The van der Waals surface area contributed by atoms with Crippen LogP contribution in [0.2, 0.25) is 0 Å². The Balaban J connectivity index is 3.38. The number of rotatable bonds is 33. The fourth-order valence-corrected chi connectivity index (χ4v) is 5.41. The van der Waals surface area contributed by atoms with Gasteiger partial charge in [-0.1, -0.05) is 175 Å². The van der Waals surface area contributed by atoms with Crippen molar-refractivity contribution in [2.24, 2.45) is 5.92 Å². The molecular weight excluding hydrogens is 508 g/mol. The minimum atomic E-state index is -0.0840. The zero-order valence-corrected chi connectivity index (χ0v) is 28.1. The van der Waals surface area contributed by atoms with E-state index in [9.17, 15) is 9.59 Å². The van der Waals surface area contributed by atoms with Crippen LogP contribution in [0.25, 0.3) is 0 Å². The van der Waals surface area contributed by atoms with Crippen LogP contribution in [-0.2, 0) is 19.1 Å². The van der Waals surface area contributed by atoms with E-state index in [0.29, 0.717) is 26.1 Å². The Morgan fingerprint density at radius 1 is 0.439 bits per heavy atom. The summed E-state index contributed by atoms with van der Waals surface area (Å²) in [7, 11) is 0. The molecule has 0 spiro atoms. The molecule has 41 heavy (non-hydrogen) atoms. The third-order valence-corrected chi connectivity index (χ3v) is 8.37. The van der Waals surface area contributed by atoms with Crippen LogP contribution in [-0.4, -0.2) is 25.2 Å². The Labute approximate surface area is 256 Å². The number of unbranched alkanes of at least 4 members (excludes halogenated alkanes) is 24. The molecule has 4 heteroatoms. The largest absolute Gasteiger partial charge is 0.466 e. The van der Waals surface area contributed by atoms with Crippen LogP contribution in [0.15, 0.2) is 0 Å². The number of ether oxygens (including phenoxy) is 2. The van der Waals surface area contributed by atoms with E-state index in [4.69, 9.17) is 9.47 Å². The zero-order valence-electron chi connectivity index (χ0n) is 28.1. The SMILES string of the molecule is CCCCCCCCCCCCCCCC(=O)OCCC(C)COC(=O)CCCCCCCCCCCCCCC. The first-order chi connectivity index (χ1) is 20.1. The predicted molar refractivity (Wildman–Crippen MR) is 176 cm³/mol. The number of carbonyl (C=O) groups is 2. The van der Waals surface area contributed by atoms with Crippen LogP contribution in [0.5, 0.6) is 0 Å². The molecule has 0 amide bonds. The third kappa shape index (κ3) is 33.3. The molecule has 1 unspecified atom stereocenters. The van der Waals surface area contributed by atoms with E-state index < -0.39 is 0 Å². The number of hydrogen-bond acceptors (Lipinski definition) is 4. The molecule has 0 saturated carbocycles. The normalized spacial score (nSPS) is 12.0. The average Bonchev–Trinajstić information content (AvgIpc) is 2.96. The van der Waals surface area contributed by atoms with E-state index in [-0.39, 0.29) is 17.9 Å². The number of carbonyl (C=O) groups excluding carboxylic acids is 2. The molecule has 0 aromatic rings. The molecule has 0 N–H and O–H groups in total. The van der Waals surface area contributed by atoms with Gasteiger partial charge in [-0.05, 0) is 25.2 Å². The van der Waals surface area contributed by atoms with E-state index in [2.05, 4.69) is 20.8 Å². The van der Waals surface area contributed by atoms with Crippen LogP contribution >= 0.6 is 0 Å². The molecule has 0 aliphatic carbocycles. The molecular formula is C37H72O4. The average molecular weight is 581 g/mol. The van der Waals surface area contributed by atoms with Crippen molar-refractivity contribution in [2.45, 2.75) is 207 Å². The summed E-state index contributed by atoms with van der Waals surface area (Å²) < 4.78 is 10.8. The van der Waals surface area contributed by atoms with Gasteiger partial charge in [0.05, 0.1) is 13.2 Å². The highest BCUT2D eigenvalue weighted by Crippen LogP contribution is 2.15. The minimum Gasteiger partial charge on any atom is -0.466 e. The van der Waals surface area contributed by atoms with Gasteiger partial charge in [0.2, 0.25) is 0 Å². The Bertz CT molecular complexity index is 547. The lowest BCUT2D eigenvalue weighted by molar-refractivity contribution is -0.147. The van der Waals surface area contributed by atoms with Crippen LogP contribution in [0, 0.1) is 5.92 Å². The van der Waals surface area contributed by atoms with Gasteiger partial charge >= 0.3 is 11.9 Å². The smallest absolute Gasteiger partial charge is 0.305 e. The third-order valence-electron chi connectivity index (χ3n) is 8.37. The van der Waals surface area contributed by atoms with E-state index in [1.807, 2.05) is 0 Å². The molecule has 0 heterocycles. The van der Waals surface area contributed by atoms with Crippen molar-refractivity contribution >= 4 is 11.9 Å². The lowest BCUT2D eigenvalue weighted by Crippen LogP contribution is -2.15. The second-order valence-electron chi connectivity index (χ2n) is 12.8. The van der Waals surface area contributed by atoms with Crippen molar-refractivity contribution in [2.75, 3.05) is 13.2 Å². The van der Waals surface area contributed by atoms with E-state index in [0.717, 1.165) is 32.1 Å². The summed E-state index contributed by atoms with van der Waals surface area (Å²) in [5.74, 6) is 0.0498. The molecule has 0 aromatic heterocycles. The highest BCUT2D eigenvalue weighted by Gasteiger charge is 2.09. The molecule has 0 fully saturated rings. The molecule has 0 radical (unpaired) electrons. The Morgan fingerprint density at radius 3 is 1.07 bits per heavy atom. The zero-order chi connectivity index (χ0) is 30.1. The molecule has 0 aliphatic heterocycles. The van der Waals surface area contributed by atoms with Gasteiger partial charge in [0, 0.05) is 12.8 Å². The molecule has 0 rings (SSSR count). The molecule has 4 nitrogen and oxygen atoms in total. The molecule has 1 atom stereocenters. The summed E-state index contributed by atoms with van der Waals surface area (Å²) in [5.41, 5.74) is 0. The van der Waals surface area contributed by atoms with Gasteiger partial charge < -0.3 is 9.47 Å². The quantitative estimate of drug-likeness (QED) is 0.0572. The Kier molecular flexibility index (Phi) is 32.6. The van der Waals surface area contributed by atoms with Crippen molar-refractivity contribution in [3.8, 4) is 0 Å². The molecule has 0 bridgehead atoms. The molecule has 0 aliphatic rings.